The summed E-state index contributed by atoms with van der Waals surface area (Å²) in [7, 11) is -11.3. The molecule has 0 aliphatic heterocycles. The van der Waals surface area contributed by atoms with E-state index in [1.54, 1.807) is 21.7 Å². The second-order valence-electron chi connectivity index (χ2n) is 6.10. The van der Waals surface area contributed by atoms with E-state index < -0.39 is 18.3 Å². The molecule has 0 aliphatic carbocycles. The molecule has 0 N–H and O–H groups in total. The Hall–Kier alpha value is 0.619. The van der Waals surface area contributed by atoms with Crippen LogP contribution in [0.2, 0.25) is 8.87 Å². The molecular formula is C16H34O6S2Sn. The molecule has 0 radical (unpaired) electrons. The molecule has 150 valence electrons. The van der Waals surface area contributed by atoms with E-state index in [0.717, 1.165) is 0 Å². The van der Waals surface area contributed by atoms with Gasteiger partial charge in [0.2, 0.25) is 0 Å². The first-order chi connectivity index (χ1) is 11.7. The maximum Gasteiger partial charge on any atom is 0.191 e. The molecule has 0 rings (SSSR count). The molecule has 0 saturated carbocycles. The van der Waals surface area contributed by atoms with Crippen molar-refractivity contribution in [3.05, 3.63) is 0 Å². The van der Waals surface area contributed by atoms with Crippen molar-refractivity contribution < 1.29 is 25.9 Å². The van der Waals surface area contributed by atoms with E-state index in [1.165, 1.54) is 64.2 Å². The molecule has 0 heterocycles. The van der Waals surface area contributed by atoms with E-state index in [9.17, 15) is 25.9 Å². The summed E-state index contributed by atoms with van der Waals surface area (Å²) in [4.78, 5) is 0. The van der Waals surface area contributed by atoms with Gasteiger partial charge in [0.05, 0.1) is 0 Å². The Bertz CT molecular complexity index is 433. The molecule has 0 saturated heterocycles. The van der Waals surface area contributed by atoms with Crippen molar-refractivity contribution in [2.75, 3.05) is 0 Å². The van der Waals surface area contributed by atoms with Gasteiger partial charge in [0, 0.05) is 0 Å². The molecule has 0 atom stereocenters. The van der Waals surface area contributed by atoms with Crippen LogP contribution < -0.4 is 0 Å². The minimum absolute atomic E-state index is 0.0736. The van der Waals surface area contributed by atoms with Crippen LogP contribution in [0.5, 0.6) is 0 Å². The van der Waals surface area contributed by atoms with Crippen molar-refractivity contribution in [2.45, 2.75) is 99.8 Å². The minimum Gasteiger partial charge on any atom is -0.736 e. The number of unbranched alkanes of at least 4 members (excludes halogenated alkanes) is 10. The number of rotatable bonds is 15. The van der Waals surface area contributed by atoms with Gasteiger partial charge in [0.25, 0.3) is 0 Å². The summed E-state index contributed by atoms with van der Waals surface area (Å²) >= 11 is 0.0736. The Morgan fingerprint density at radius 2 is 0.840 bits per heavy atom. The Labute approximate surface area is 164 Å². The first kappa shape index (κ1) is 27.8. The van der Waals surface area contributed by atoms with Crippen LogP contribution in [0.3, 0.4) is 0 Å². The van der Waals surface area contributed by atoms with Crippen LogP contribution in [0.25, 0.3) is 0 Å². The summed E-state index contributed by atoms with van der Waals surface area (Å²) in [5.74, 6) is 0. The molecular weight excluding hydrogens is 471 g/mol. The van der Waals surface area contributed by atoms with Crippen molar-refractivity contribution in [3.8, 4) is 0 Å². The minimum atomic E-state index is -5.67. The molecule has 0 spiro atoms. The summed E-state index contributed by atoms with van der Waals surface area (Å²) in [6, 6.07) is 0. The molecule has 25 heavy (non-hydrogen) atoms. The van der Waals surface area contributed by atoms with Gasteiger partial charge < -0.3 is 9.11 Å². The third kappa shape index (κ3) is 22.6. The molecule has 0 aromatic heterocycles. The number of hydrogen-bond acceptors (Lipinski definition) is 6. The van der Waals surface area contributed by atoms with Gasteiger partial charge in [-0.2, -0.15) is 0 Å². The fourth-order valence-corrected chi connectivity index (χ4v) is 5.75. The van der Waals surface area contributed by atoms with Crippen LogP contribution >= 0.6 is 0 Å². The van der Waals surface area contributed by atoms with Crippen LogP contribution in [-0.4, -0.2) is 47.1 Å². The van der Waals surface area contributed by atoms with Crippen molar-refractivity contribution in [2.24, 2.45) is 0 Å². The fourth-order valence-electron chi connectivity index (χ4n) is 2.19. The summed E-state index contributed by atoms with van der Waals surface area (Å²) in [5, 5.41) is 0. The Morgan fingerprint density at radius 3 is 1.12 bits per heavy atom. The quantitative estimate of drug-likeness (QED) is 0.142. The van der Waals surface area contributed by atoms with Gasteiger partial charge in [-0.25, -0.2) is 16.8 Å². The van der Waals surface area contributed by atoms with E-state index in [1.807, 2.05) is 0 Å². The Morgan fingerprint density at radius 1 is 0.560 bits per heavy atom. The monoisotopic (exact) mass is 506 g/mol. The largest absolute Gasteiger partial charge is 0.736 e. The zero-order valence-electron chi connectivity index (χ0n) is 15.7. The number of hydrogen-bond donors (Lipinski definition) is 0. The SMILES string of the molecule is CCCCCCC[CH2][Sn+2][CH2]CCCCCCC.O=S(=O)([O-])S(=O)(=O)[O-]. The smallest absolute Gasteiger partial charge is 0.191 e. The summed E-state index contributed by atoms with van der Waals surface area (Å²) in [5.41, 5.74) is 0. The fraction of sp³-hybridized carbons (Fsp3) is 1.00. The van der Waals surface area contributed by atoms with Gasteiger partial charge in [-0.15, -0.1) is 0 Å². The van der Waals surface area contributed by atoms with Crippen LogP contribution in [0.4, 0.5) is 0 Å². The summed E-state index contributed by atoms with van der Waals surface area (Å²) < 4.78 is 58.5. The van der Waals surface area contributed by atoms with Crippen molar-refractivity contribution in [1.82, 2.24) is 0 Å². The predicted molar refractivity (Wildman–Crippen MR) is 102 cm³/mol. The first-order valence-corrected chi connectivity index (χ1v) is 16.7. The van der Waals surface area contributed by atoms with Gasteiger partial charge in [-0.3, -0.25) is 0 Å². The molecule has 0 amide bonds. The zero-order valence-corrected chi connectivity index (χ0v) is 20.2. The molecule has 0 aromatic rings. The van der Waals surface area contributed by atoms with Crippen molar-refractivity contribution in [3.63, 3.8) is 0 Å². The van der Waals surface area contributed by atoms with Crippen molar-refractivity contribution in [1.29, 1.82) is 0 Å². The molecule has 0 aromatic carbocycles. The maximum atomic E-state index is 9.20. The molecule has 0 fully saturated rings. The average molecular weight is 505 g/mol. The summed E-state index contributed by atoms with van der Waals surface area (Å²) in [6.45, 7) is 4.60. The second kappa shape index (κ2) is 18.0. The van der Waals surface area contributed by atoms with E-state index in [2.05, 4.69) is 13.8 Å². The third-order valence-corrected chi connectivity index (χ3v) is 9.70. The van der Waals surface area contributed by atoms with Gasteiger partial charge in [-0.05, 0) is 0 Å². The average Bonchev–Trinajstić information content (AvgIpc) is 2.50. The van der Waals surface area contributed by atoms with E-state index in [0.29, 0.717) is 0 Å². The van der Waals surface area contributed by atoms with E-state index in [4.69, 9.17) is 0 Å². The molecule has 0 unspecified atom stereocenters. The van der Waals surface area contributed by atoms with Gasteiger partial charge in [0.1, 0.15) is 0 Å². The van der Waals surface area contributed by atoms with Gasteiger partial charge >= 0.3 is 121 Å². The maximum absolute atomic E-state index is 9.20. The molecule has 6 nitrogen and oxygen atoms in total. The van der Waals surface area contributed by atoms with Crippen molar-refractivity contribution >= 4 is 39.4 Å². The predicted octanol–water partition coefficient (Wildman–Crippen LogP) is 4.24. The first-order valence-electron chi connectivity index (χ1n) is 9.29. The van der Waals surface area contributed by atoms with Crippen LogP contribution in [-0.2, 0) is 18.3 Å². The van der Waals surface area contributed by atoms with Crippen LogP contribution in [0, 0.1) is 0 Å². The molecule has 9 heteroatoms. The van der Waals surface area contributed by atoms with Crippen LogP contribution in [0.1, 0.15) is 90.9 Å². The van der Waals surface area contributed by atoms with E-state index >= 15 is 0 Å². The standard InChI is InChI=1S/2C8H17.H2O6S2.Sn/c2*1-3-5-7-8-6-4-2;1-7(2,3)8(4,5)6;/h2*1,3-8H2,2H3;(H,1,2,3)(H,4,5,6);/q;;;+2/p-2. The van der Waals surface area contributed by atoms with E-state index in [-0.39, 0.29) is 21.1 Å². The van der Waals surface area contributed by atoms with Gasteiger partial charge in [0.15, 0.2) is 18.3 Å². The van der Waals surface area contributed by atoms with Crippen LogP contribution in [0.15, 0.2) is 0 Å². The second-order valence-corrected chi connectivity index (χ2v) is 14.5. The zero-order chi connectivity index (χ0) is 19.6. The topological polar surface area (TPSA) is 114 Å². The Balaban J connectivity index is 0. The normalized spacial score (nSPS) is 11.5. The Kier molecular flexibility index (Phi) is 20.0. The summed E-state index contributed by atoms with van der Waals surface area (Å²) in [6.07, 6.45) is 17.8. The molecule has 0 bridgehead atoms. The molecule has 0 aliphatic rings. The third-order valence-electron chi connectivity index (χ3n) is 3.66. The van der Waals surface area contributed by atoms with Gasteiger partial charge in [-0.1, -0.05) is 0 Å².